The fourth-order valence-corrected chi connectivity index (χ4v) is 1.41. The van der Waals surface area contributed by atoms with Gasteiger partial charge in [-0.15, -0.1) is 0 Å². The number of carbonyl (C=O) groups is 1. The highest BCUT2D eigenvalue weighted by atomic mass is 16.5. The average Bonchev–Trinajstić information content (AvgIpc) is 2.25. The Labute approximate surface area is 101 Å². The Morgan fingerprint density at radius 2 is 2.24 bits per heavy atom. The molecule has 1 heterocycles. The summed E-state index contributed by atoms with van der Waals surface area (Å²) in [5, 5.41) is 0. The van der Waals surface area contributed by atoms with Gasteiger partial charge in [-0.25, -0.2) is 4.98 Å². The summed E-state index contributed by atoms with van der Waals surface area (Å²) in [4.78, 5) is 15.0. The second kappa shape index (κ2) is 6.08. The molecule has 0 spiro atoms. The van der Waals surface area contributed by atoms with Gasteiger partial charge in [0.15, 0.2) is 0 Å². The first-order valence-corrected chi connectivity index (χ1v) is 5.69. The fraction of sp³-hybridized carbons (Fsp3) is 0.500. The molecule has 0 bridgehead atoms. The number of ether oxygens (including phenoxy) is 1. The van der Waals surface area contributed by atoms with Gasteiger partial charge in [0.1, 0.15) is 0 Å². The highest BCUT2D eigenvalue weighted by Gasteiger charge is 2.08. The Morgan fingerprint density at radius 1 is 1.53 bits per heavy atom. The number of nitrogens with zero attached hydrogens (tertiary/aromatic N) is 1. The summed E-state index contributed by atoms with van der Waals surface area (Å²) in [6, 6.07) is 1.48. The lowest BCUT2D eigenvalue weighted by atomic mass is 10.1. The minimum absolute atomic E-state index is 0.249. The van der Waals surface area contributed by atoms with E-state index in [1.807, 2.05) is 0 Å². The van der Waals surface area contributed by atoms with Gasteiger partial charge in [-0.2, -0.15) is 0 Å². The number of rotatable bonds is 6. The van der Waals surface area contributed by atoms with Crippen molar-refractivity contribution >= 4 is 11.6 Å². The molecule has 17 heavy (non-hydrogen) atoms. The first-order valence-electron chi connectivity index (χ1n) is 5.69. The predicted molar refractivity (Wildman–Crippen MR) is 66.7 cm³/mol. The van der Waals surface area contributed by atoms with Crippen LogP contribution in [0.15, 0.2) is 12.3 Å². The van der Waals surface area contributed by atoms with Crippen LogP contribution < -0.4 is 16.2 Å². The highest BCUT2D eigenvalue weighted by molar-refractivity contribution is 5.97. The monoisotopic (exact) mass is 237 g/mol. The molecule has 5 nitrogen and oxygen atoms in total. The molecular formula is C12H19N3O2. The van der Waals surface area contributed by atoms with E-state index >= 15 is 0 Å². The van der Waals surface area contributed by atoms with Crippen LogP contribution in [0.1, 0.15) is 37.0 Å². The third-order valence-electron chi connectivity index (χ3n) is 2.35. The maximum absolute atomic E-state index is 11.1. The van der Waals surface area contributed by atoms with Crippen molar-refractivity contribution < 1.29 is 9.53 Å². The van der Waals surface area contributed by atoms with Gasteiger partial charge in [0.25, 0.3) is 5.91 Å². The van der Waals surface area contributed by atoms with Crippen LogP contribution in [-0.2, 0) is 0 Å². The number of carbonyl (C=O) groups excluding carboxylic acids is 1. The standard InChI is InChI=1S/C12H19N3O2/c1-8(2)4-3-5-17-11-6-9(12(14)16)10(13)7-15-11/h6-8H,3-5,13H2,1-2H3,(H2,14,16). The van der Waals surface area contributed by atoms with Crippen LogP contribution in [0, 0.1) is 5.92 Å². The molecule has 0 saturated heterocycles. The SMILES string of the molecule is CC(C)CCCOc1cc(C(N)=O)c(N)cn1. The zero-order valence-corrected chi connectivity index (χ0v) is 10.3. The molecule has 4 N–H and O–H groups in total. The van der Waals surface area contributed by atoms with E-state index < -0.39 is 5.91 Å². The third-order valence-corrected chi connectivity index (χ3v) is 2.35. The number of nitrogen functional groups attached to an aromatic ring is 1. The second-order valence-electron chi connectivity index (χ2n) is 4.36. The van der Waals surface area contributed by atoms with Gasteiger partial charge < -0.3 is 16.2 Å². The first kappa shape index (κ1) is 13.3. The minimum atomic E-state index is -0.572. The molecule has 0 saturated carbocycles. The number of anilines is 1. The summed E-state index contributed by atoms with van der Waals surface area (Å²) in [7, 11) is 0. The summed E-state index contributed by atoms with van der Waals surface area (Å²) < 4.78 is 5.43. The summed E-state index contributed by atoms with van der Waals surface area (Å²) in [5.41, 5.74) is 11.3. The van der Waals surface area contributed by atoms with Crippen molar-refractivity contribution in [2.24, 2.45) is 11.7 Å². The van der Waals surface area contributed by atoms with E-state index in [1.165, 1.54) is 12.3 Å². The van der Waals surface area contributed by atoms with E-state index in [2.05, 4.69) is 18.8 Å². The zero-order valence-electron chi connectivity index (χ0n) is 10.3. The maximum atomic E-state index is 11.1. The highest BCUT2D eigenvalue weighted by Crippen LogP contribution is 2.16. The Bertz CT molecular complexity index is 391. The number of hydrogen-bond donors (Lipinski definition) is 2. The van der Waals surface area contributed by atoms with Gasteiger partial charge in [-0.3, -0.25) is 4.79 Å². The Kier molecular flexibility index (Phi) is 4.75. The van der Waals surface area contributed by atoms with Gasteiger partial charge >= 0.3 is 0 Å². The molecule has 1 aromatic heterocycles. The van der Waals surface area contributed by atoms with Crippen molar-refractivity contribution in [2.45, 2.75) is 26.7 Å². The summed E-state index contributed by atoms with van der Waals surface area (Å²) in [5.74, 6) is 0.466. The van der Waals surface area contributed by atoms with Gasteiger partial charge in [-0.1, -0.05) is 13.8 Å². The molecule has 1 rings (SSSR count). The quantitative estimate of drug-likeness (QED) is 0.735. The summed E-state index contributed by atoms with van der Waals surface area (Å²) in [6.45, 7) is 4.90. The largest absolute Gasteiger partial charge is 0.478 e. The van der Waals surface area contributed by atoms with Gasteiger partial charge in [0.2, 0.25) is 5.88 Å². The number of hydrogen-bond acceptors (Lipinski definition) is 4. The zero-order chi connectivity index (χ0) is 12.8. The Balaban J connectivity index is 2.54. The van der Waals surface area contributed by atoms with Crippen molar-refractivity contribution in [3.63, 3.8) is 0 Å². The van der Waals surface area contributed by atoms with Crippen molar-refractivity contribution in [3.05, 3.63) is 17.8 Å². The van der Waals surface area contributed by atoms with Crippen LogP contribution in [0.4, 0.5) is 5.69 Å². The Hall–Kier alpha value is -1.78. The van der Waals surface area contributed by atoms with Crippen LogP contribution in [0.25, 0.3) is 0 Å². The van der Waals surface area contributed by atoms with E-state index in [1.54, 1.807) is 0 Å². The van der Waals surface area contributed by atoms with Gasteiger partial charge in [0.05, 0.1) is 24.1 Å². The summed E-state index contributed by atoms with van der Waals surface area (Å²) >= 11 is 0. The molecule has 0 aliphatic heterocycles. The van der Waals surface area contributed by atoms with Crippen LogP contribution in [0.5, 0.6) is 5.88 Å². The predicted octanol–water partition coefficient (Wildman–Crippen LogP) is 1.58. The van der Waals surface area contributed by atoms with Crippen molar-refractivity contribution in [2.75, 3.05) is 12.3 Å². The second-order valence-corrected chi connectivity index (χ2v) is 4.36. The van der Waals surface area contributed by atoms with E-state index in [4.69, 9.17) is 16.2 Å². The van der Waals surface area contributed by atoms with Crippen LogP contribution in [-0.4, -0.2) is 17.5 Å². The molecule has 5 heteroatoms. The molecule has 0 unspecified atom stereocenters. The molecule has 0 aromatic carbocycles. The van der Waals surface area contributed by atoms with E-state index in [0.717, 1.165) is 12.8 Å². The molecule has 0 fully saturated rings. The lowest BCUT2D eigenvalue weighted by molar-refractivity contribution is 0.100. The molecule has 1 amide bonds. The molecule has 0 radical (unpaired) electrons. The fourth-order valence-electron chi connectivity index (χ4n) is 1.41. The number of primary amides is 1. The first-order chi connectivity index (χ1) is 8.00. The normalized spacial score (nSPS) is 10.5. The molecule has 94 valence electrons. The molecule has 0 aliphatic rings. The van der Waals surface area contributed by atoms with Crippen molar-refractivity contribution in [3.8, 4) is 5.88 Å². The molecule has 1 aromatic rings. The van der Waals surface area contributed by atoms with E-state index in [-0.39, 0.29) is 11.3 Å². The number of pyridine rings is 1. The molecule has 0 aliphatic carbocycles. The lowest BCUT2D eigenvalue weighted by Crippen LogP contribution is -2.14. The van der Waals surface area contributed by atoms with Crippen molar-refractivity contribution in [1.82, 2.24) is 4.98 Å². The van der Waals surface area contributed by atoms with E-state index in [9.17, 15) is 4.79 Å². The number of aromatic nitrogens is 1. The van der Waals surface area contributed by atoms with Gasteiger partial charge in [0, 0.05) is 6.07 Å². The Morgan fingerprint density at radius 3 is 2.82 bits per heavy atom. The van der Waals surface area contributed by atoms with Crippen LogP contribution >= 0.6 is 0 Å². The van der Waals surface area contributed by atoms with Gasteiger partial charge in [-0.05, 0) is 18.8 Å². The lowest BCUT2D eigenvalue weighted by Gasteiger charge is -2.08. The topological polar surface area (TPSA) is 91.2 Å². The average molecular weight is 237 g/mol. The molecular weight excluding hydrogens is 218 g/mol. The number of nitrogens with two attached hydrogens (primary N) is 2. The third kappa shape index (κ3) is 4.30. The number of amides is 1. The minimum Gasteiger partial charge on any atom is -0.478 e. The molecule has 0 atom stereocenters. The summed E-state index contributed by atoms with van der Waals surface area (Å²) in [6.07, 6.45) is 3.44. The van der Waals surface area contributed by atoms with E-state index in [0.29, 0.717) is 18.4 Å². The smallest absolute Gasteiger partial charge is 0.251 e. The van der Waals surface area contributed by atoms with Crippen LogP contribution in [0.3, 0.4) is 0 Å². The maximum Gasteiger partial charge on any atom is 0.251 e. The van der Waals surface area contributed by atoms with Crippen LogP contribution in [0.2, 0.25) is 0 Å². The van der Waals surface area contributed by atoms with Crippen molar-refractivity contribution in [1.29, 1.82) is 0 Å².